The zero-order valence-corrected chi connectivity index (χ0v) is 8.08. The topological polar surface area (TPSA) is 101 Å². The Balaban J connectivity index is 3.56. The predicted octanol–water partition coefficient (Wildman–Crippen LogP) is -0.148. The Morgan fingerprint density at radius 1 is 1.31 bits per heavy atom. The lowest BCUT2D eigenvalue weighted by atomic mass is 10.2. The molecule has 0 saturated heterocycles. The number of aliphatic carboxylic acids is 2. The molecule has 5 nitrogen and oxygen atoms in total. The van der Waals surface area contributed by atoms with Crippen molar-refractivity contribution in [2.45, 2.75) is 13.0 Å². The summed E-state index contributed by atoms with van der Waals surface area (Å²) in [5.74, 6) is -1.78. The summed E-state index contributed by atoms with van der Waals surface area (Å²) >= 11 is 1.24. The van der Waals surface area contributed by atoms with Crippen molar-refractivity contribution >= 4 is 23.7 Å². The maximum absolute atomic E-state index is 10.3. The summed E-state index contributed by atoms with van der Waals surface area (Å²) in [6.07, 6.45) is 0. The van der Waals surface area contributed by atoms with E-state index in [0.717, 1.165) is 0 Å². The fourth-order valence-electron chi connectivity index (χ4n) is 0.514. The van der Waals surface area contributed by atoms with E-state index in [1.807, 2.05) is 0 Å². The highest BCUT2D eigenvalue weighted by Crippen LogP contribution is 2.09. The molecule has 2 atom stereocenters. The summed E-state index contributed by atoms with van der Waals surface area (Å²) in [6, 6.07) is -0.911. The van der Waals surface area contributed by atoms with Gasteiger partial charge in [0.2, 0.25) is 0 Å². The quantitative estimate of drug-likeness (QED) is 0.560. The second-order valence-corrected chi connectivity index (χ2v) is 3.80. The van der Waals surface area contributed by atoms with Crippen LogP contribution in [0.1, 0.15) is 6.92 Å². The highest BCUT2D eigenvalue weighted by Gasteiger charge is 2.14. The molecule has 13 heavy (non-hydrogen) atoms. The van der Waals surface area contributed by atoms with Gasteiger partial charge in [0, 0.05) is 11.5 Å². The van der Waals surface area contributed by atoms with Gasteiger partial charge in [-0.1, -0.05) is 6.92 Å². The minimum Gasteiger partial charge on any atom is -0.481 e. The Labute approximate surface area is 80.3 Å². The van der Waals surface area contributed by atoms with E-state index >= 15 is 0 Å². The molecule has 0 saturated carbocycles. The summed E-state index contributed by atoms with van der Waals surface area (Å²) < 4.78 is 0. The molecule has 0 aromatic rings. The van der Waals surface area contributed by atoms with Gasteiger partial charge < -0.3 is 15.9 Å². The van der Waals surface area contributed by atoms with Crippen molar-refractivity contribution < 1.29 is 19.8 Å². The first-order chi connectivity index (χ1) is 5.95. The fourth-order valence-corrected chi connectivity index (χ4v) is 1.54. The van der Waals surface area contributed by atoms with Crippen molar-refractivity contribution in [1.82, 2.24) is 0 Å². The first-order valence-electron chi connectivity index (χ1n) is 3.74. The molecule has 0 rings (SSSR count). The van der Waals surface area contributed by atoms with E-state index in [9.17, 15) is 9.59 Å². The summed E-state index contributed by atoms with van der Waals surface area (Å²) in [4.78, 5) is 20.6. The van der Waals surface area contributed by atoms with Crippen LogP contribution in [-0.4, -0.2) is 39.7 Å². The van der Waals surface area contributed by atoms with Crippen molar-refractivity contribution in [2.24, 2.45) is 11.7 Å². The highest BCUT2D eigenvalue weighted by molar-refractivity contribution is 7.99. The average molecular weight is 207 g/mol. The maximum Gasteiger partial charge on any atom is 0.321 e. The van der Waals surface area contributed by atoms with Crippen molar-refractivity contribution in [2.75, 3.05) is 11.5 Å². The normalized spacial score (nSPS) is 14.9. The van der Waals surface area contributed by atoms with Gasteiger partial charge in [0.15, 0.2) is 0 Å². The molecule has 76 valence electrons. The molecule has 1 unspecified atom stereocenters. The fraction of sp³-hybridized carbons (Fsp3) is 0.714. The summed E-state index contributed by atoms with van der Waals surface area (Å²) in [7, 11) is 0. The van der Waals surface area contributed by atoms with Crippen LogP contribution in [0.3, 0.4) is 0 Å². The van der Waals surface area contributed by atoms with Gasteiger partial charge in [0.1, 0.15) is 6.04 Å². The number of hydrogen-bond donors (Lipinski definition) is 3. The summed E-state index contributed by atoms with van der Waals surface area (Å²) in [5.41, 5.74) is 5.21. The first-order valence-corrected chi connectivity index (χ1v) is 4.89. The molecule has 0 radical (unpaired) electrons. The van der Waals surface area contributed by atoms with Gasteiger partial charge in [0.05, 0.1) is 5.92 Å². The van der Waals surface area contributed by atoms with Gasteiger partial charge in [-0.3, -0.25) is 9.59 Å². The molecule has 0 spiro atoms. The molecule has 0 heterocycles. The monoisotopic (exact) mass is 207 g/mol. The lowest BCUT2D eigenvalue weighted by Crippen LogP contribution is -2.32. The summed E-state index contributed by atoms with van der Waals surface area (Å²) in [5, 5.41) is 16.9. The van der Waals surface area contributed by atoms with Gasteiger partial charge in [-0.25, -0.2) is 0 Å². The van der Waals surface area contributed by atoms with Gasteiger partial charge in [-0.2, -0.15) is 11.8 Å². The minimum atomic E-state index is -1.06. The number of carboxylic acid groups (broad SMARTS) is 2. The Kier molecular flexibility index (Phi) is 5.48. The standard InChI is InChI=1S/C7H13NO4S/c1-4(6(9)10)2-13-3-5(8)7(11)12/h4-5H,2-3,8H2,1H3,(H,9,10)(H,11,12)/t4?,5-/m1/s1. The number of nitrogens with two attached hydrogens (primary N) is 1. The largest absolute Gasteiger partial charge is 0.481 e. The molecule has 6 heteroatoms. The van der Waals surface area contributed by atoms with Crippen molar-refractivity contribution in [1.29, 1.82) is 0 Å². The molecule has 0 aromatic heterocycles. The van der Waals surface area contributed by atoms with Crippen molar-refractivity contribution in [3.63, 3.8) is 0 Å². The molecular formula is C7H13NO4S. The summed E-state index contributed by atoms with van der Waals surface area (Å²) in [6.45, 7) is 1.57. The second-order valence-electron chi connectivity index (χ2n) is 2.72. The highest BCUT2D eigenvalue weighted by atomic mass is 32.2. The van der Waals surface area contributed by atoms with E-state index in [0.29, 0.717) is 5.75 Å². The zero-order chi connectivity index (χ0) is 10.4. The maximum atomic E-state index is 10.3. The van der Waals surface area contributed by atoms with Crippen LogP contribution in [0.15, 0.2) is 0 Å². The van der Waals surface area contributed by atoms with Gasteiger partial charge in [-0.15, -0.1) is 0 Å². The predicted molar refractivity (Wildman–Crippen MR) is 49.7 cm³/mol. The minimum absolute atomic E-state index is 0.243. The van der Waals surface area contributed by atoms with E-state index in [2.05, 4.69) is 0 Å². The Morgan fingerprint density at radius 2 is 1.85 bits per heavy atom. The van der Waals surface area contributed by atoms with E-state index < -0.39 is 23.9 Å². The van der Waals surface area contributed by atoms with Gasteiger partial charge in [-0.05, 0) is 0 Å². The smallest absolute Gasteiger partial charge is 0.321 e. The van der Waals surface area contributed by atoms with Crippen molar-refractivity contribution in [3.05, 3.63) is 0 Å². The Hall–Kier alpha value is -0.750. The van der Waals surface area contributed by atoms with Crippen LogP contribution < -0.4 is 5.73 Å². The molecule has 0 amide bonds. The van der Waals surface area contributed by atoms with Crippen LogP contribution >= 0.6 is 11.8 Å². The SMILES string of the molecule is CC(CSC[C@@H](N)C(=O)O)C(=O)O. The Morgan fingerprint density at radius 3 is 2.23 bits per heavy atom. The molecule has 0 bridgehead atoms. The van der Waals surface area contributed by atoms with Crippen molar-refractivity contribution in [3.8, 4) is 0 Å². The van der Waals surface area contributed by atoms with E-state index in [4.69, 9.17) is 15.9 Å². The number of rotatable bonds is 6. The number of thioether (sulfide) groups is 1. The number of carboxylic acids is 2. The van der Waals surface area contributed by atoms with Crippen LogP contribution in [0.4, 0.5) is 0 Å². The molecule has 0 fully saturated rings. The van der Waals surface area contributed by atoms with Crippen LogP contribution in [0.2, 0.25) is 0 Å². The molecule has 0 aromatic carbocycles. The third-order valence-electron chi connectivity index (χ3n) is 1.40. The van der Waals surface area contributed by atoms with Crippen LogP contribution in [0, 0.1) is 5.92 Å². The third-order valence-corrected chi connectivity index (χ3v) is 2.73. The molecule has 0 aliphatic rings. The van der Waals surface area contributed by atoms with Crippen LogP contribution in [0.25, 0.3) is 0 Å². The third kappa shape index (κ3) is 5.48. The molecule has 0 aliphatic heterocycles. The van der Waals surface area contributed by atoms with Gasteiger partial charge in [0.25, 0.3) is 0 Å². The molecule has 0 aliphatic carbocycles. The zero-order valence-electron chi connectivity index (χ0n) is 7.27. The van der Waals surface area contributed by atoms with E-state index in [1.165, 1.54) is 11.8 Å². The van der Waals surface area contributed by atoms with Crippen LogP contribution in [0.5, 0.6) is 0 Å². The van der Waals surface area contributed by atoms with Gasteiger partial charge >= 0.3 is 11.9 Å². The average Bonchev–Trinajstić information content (AvgIpc) is 2.03. The molecule has 4 N–H and O–H groups in total. The Bertz CT molecular complexity index is 177. The van der Waals surface area contributed by atoms with E-state index in [1.54, 1.807) is 6.92 Å². The van der Waals surface area contributed by atoms with Crippen LogP contribution in [-0.2, 0) is 9.59 Å². The lowest BCUT2D eigenvalue weighted by molar-refractivity contribution is -0.140. The van der Waals surface area contributed by atoms with E-state index in [-0.39, 0.29) is 5.75 Å². The first kappa shape index (κ1) is 12.2. The lowest BCUT2D eigenvalue weighted by Gasteiger charge is -2.07. The number of carbonyl (C=O) groups is 2. The second kappa shape index (κ2) is 5.82. The molecular weight excluding hydrogens is 194 g/mol. The number of hydrogen-bond acceptors (Lipinski definition) is 4.